The predicted molar refractivity (Wildman–Crippen MR) is 78.6 cm³/mol. The fourth-order valence-corrected chi connectivity index (χ4v) is 3.21. The minimum atomic E-state index is -0.237. The normalized spacial score (nSPS) is 18.3. The van der Waals surface area contributed by atoms with Crippen LogP contribution in [-0.4, -0.2) is 18.3 Å². The molecule has 0 spiro atoms. The molecule has 1 aliphatic carbocycles. The second kappa shape index (κ2) is 6.95. The molecule has 1 aromatic carbocycles. The van der Waals surface area contributed by atoms with Gasteiger partial charge in [-0.25, -0.2) is 0 Å². The monoisotopic (exact) mass is 262 g/mol. The molecule has 2 rings (SSSR count). The summed E-state index contributed by atoms with van der Waals surface area (Å²) < 4.78 is 5.38. The van der Waals surface area contributed by atoms with Crippen molar-refractivity contribution in [2.75, 3.05) is 7.11 Å². The van der Waals surface area contributed by atoms with Gasteiger partial charge in [-0.15, -0.1) is 0 Å². The molecule has 0 saturated heterocycles. The lowest BCUT2D eigenvalue weighted by Crippen LogP contribution is -2.18. The highest BCUT2D eigenvalue weighted by Crippen LogP contribution is 2.29. The molecular weight excluding hydrogens is 236 g/mol. The van der Waals surface area contributed by atoms with Crippen LogP contribution in [0, 0.1) is 12.8 Å². The second-order valence-corrected chi connectivity index (χ2v) is 5.91. The zero-order valence-electron chi connectivity index (χ0n) is 12.2. The summed E-state index contributed by atoms with van der Waals surface area (Å²) in [5.41, 5.74) is 2.35. The van der Waals surface area contributed by atoms with Crippen molar-refractivity contribution in [2.45, 2.75) is 58.0 Å². The van der Waals surface area contributed by atoms with E-state index in [0.717, 1.165) is 23.7 Å². The Labute approximate surface area is 116 Å². The van der Waals surface area contributed by atoms with Gasteiger partial charge >= 0.3 is 0 Å². The van der Waals surface area contributed by atoms with Gasteiger partial charge in [0.25, 0.3) is 0 Å². The Hall–Kier alpha value is -1.02. The Morgan fingerprint density at radius 3 is 2.68 bits per heavy atom. The molecule has 0 bridgehead atoms. The minimum Gasteiger partial charge on any atom is -0.496 e. The Morgan fingerprint density at radius 1 is 1.26 bits per heavy atom. The van der Waals surface area contributed by atoms with Crippen LogP contribution in [-0.2, 0) is 6.42 Å². The van der Waals surface area contributed by atoms with Crippen molar-refractivity contribution in [3.05, 3.63) is 29.3 Å². The Bertz CT molecular complexity index is 394. The molecule has 0 heterocycles. The molecule has 0 amide bonds. The molecule has 106 valence electrons. The molecule has 0 radical (unpaired) electrons. The van der Waals surface area contributed by atoms with Crippen molar-refractivity contribution in [1.82, 2.24) is 0 Å². The lowest BCUT2D eigenvalue weighted by molar-refractivity contribution is 0.129. The van der Waals surface area contributed by atoms with Crippen LogP contribution in [0.3, 0.4) is 0 Å². The molecule has 19 heavy (non-hydrogen) atoms. The molecule has 2 heteroatoms. The zero-order valence-corrected chi connectivity index (χ0v) is 12.2. The Kier molecular flexibility index (Phi) is 5.26. The van der Waals surface area contributed by atoms with E-state index in [2.05, 4.69) is 19.1 Å². The van der Waals surface area contributed by atoms with Gasteiger partial charge in [0.1, 0.15) is 5.75 Å². The van der Waals surface area contributed by atoms with Crippen molar-refractivity contribution in [3.8, 4) is 5.75 Å². The maximum absolute atomic E-state index is 10.3. The first-order chi connectivity index (χ1) is 9.19. The molecule has 1 saturated carbocycles. The predicted octanol–water partition coefficient (Wildman–Crippen LogP) is 3.88. The van der Waals surface area contributed by atoms with Gasteiger partial charge in [-0.1, -0.05) is 49.8 Å². The largest absolute Gasteiger partial charge is 0.496 e. The van der Waals surface area contributed by atoms with Crippen molar-refractivity contribution in [3.63, 3.8) is 0 Å². The molecule has 1 fully saturated rings. The van der Waals surface area contributed by atoms with Gasteiger partial charge in [-0.3, -0.25) is 0 Å². The molecule has 1 aromatic rings. The summed E-state index contributed by atoms with van der Waals surface area (Å²) in [6.07, 6.45) is 8.05. The van der Waals surface area contributed by atoms with Crippen LogP contribution >= 0.6 is 0 Å². The molecule has 1 N–H and O–H groups in total. The second-order valence-electron chi connectivity index (χ2n) is 5.91. The number of methoxy groups -OCH3 is 1. The summed E-state index contributed by atoms with van der Waals surface area (Å²) in [6, 6.07) is 6.18. The van der Waals surface area contributed by atoms with Gasteiger partial charge in [0.05, 0.1) is 13.2 Å². The van der Waals surface area contributed by atoms with Gasteiger partial charge in [-0.2, -0.15) is 0 Å². The maximum Gasteiger partial charge on any atom is 0.122 e. The van der Waals surface area contributed by atoms with Crippen molar-refractivity contribution in [2.24, 2.45) is 5.92 Å². The van der Waals surface area contributed by atoms with E-state index in [4.69, 9.17) is 4.74 Å². The van der Waals surface area contributed by atoms with Crippen LogP contribution in [0.1, 0.15) is 49.7 Å². The number of aliphatic hydroxyl groups is 1. The van der Waals surface area contributed by atoms with E-state index in [1.807, 2.05) is 6.07 Å². The Balaban J connectivity index is 1.93. The molecule has 0 aromatic heterocycles. The van der Waals surface area contributed by atoms with Crippen LogP contribution in [0.5, 0.6) is 5.75 Å². The first-order valence-electron chi connectivity index (χ1n) is 7.50. The number of hydrogen-bond acceptors (Lipinski definition) is 2. The third-order valence-corrected chi connectivity index (χ3v) is 4.22. The lowest BCUT2D eigenvalue weighted by Gasteiger charge is -2.24. The van der Waals surface area contributed by atoms with Crippen LogP contribution in [0.15, 0.2) is 18.2 Å². The molecule has 1 unspecified atom stereocenters. The quantitative estimate of drug-likeness (QED) is 0.872. The number of hydrogen-bond donors (Lipinski definition) is 1. The van der Waals surface area contributed by atoms with Crippen LogP contribution in [0.4, 0.5) is 0 Å². The first-order valence-corrected chi connectivity index (χ1v) is 7.50. The number of aryl methyl sites for hydroxylation is 1. The van der Waals surface area contributed by atoms with Crippen molar-refractivity contribution in [1.29, 1.82) is 0 Å². The van der Waals surface area contributed by atoms with Gasteiger partial charge in [0, 0.05) is 6.42 Å². The van der Waals surface area contributed by atoms with E-state index >= 15 is 0 Å². The highest BCUT2D eigenvalue weighted by molar-refractivity contribution is 5.37. The topological polar surface area (TPSA) is 29.5 Å². The van der Waals surface area contributed by atoms with E-state index in [9.17, 15) is 5.11 Å². The molecule has 1 atom stereocenters. The van der Waals surface area contributed by atoms with E-state index in [1.165, 1.54) is 37.7 Å². The van der Waals surface area contributed by atoms with Gasteiger partial charge < -0.3 is 9.84 Å². The summed E-state index contributed by atoms with van der Waals surface area (Å²) in [6.45, 7) is 2.08. The molecular formula is C17H26O2. The summed E-state index contributed by atoms with van der Waals surface area (Å²) in [7, 11) is 1.70. The van der Waals surface area contributed by atoms with Gasteiger partial charge in [0.2, 0.25) is 0 Å². The number of aliphatic hydroxyl groups excluding tert-OH is 1. The van der Waals surface area contributed by atoms with Crippen LogP contribution < -0.4 is 4.74 Å². The van der Waals surface area contributed by atoms with Crippen molar-refractivity contribution >= 4 is 0 Å². The standard InChI is InChI=1S/C17H26O2/c1-13-8-9-17(19-2)15(10-13)12-16(18)11-14-6-4-3-5-7-14/h8-10,14,16,18H,3-7,11-12H2,1-2H3. The van der Waals surface area contributed by atoms with E-state index < -0.39 is 0 Å². The molecule has 0 aliphatic heterocycles. The fraction of sp³-hybridized carbons (Fsp3) is 0.647. The number of ether oxygens (including phenoxy) is 1. The SMILES string of the molecule is COc1ccc(C)cc1CC(O)CC1CCCCC1. The van der Waals surface area contributed by atoms with E-state index in [0.29, 0.717) is 6.42 Å². The third-order valence-electron chi connectivity index (χ3n) is 4.22. The first kappa shape index (κ1) is 14.4. The maximum atomic E-state index is 10.3. The Morgan fingerprint density at radius 2 is 2.00 bits per heavy atom. The zero-order chi connectivity index (χ0) is 13.7. The minimum absolute atomic E-state index is 0.237. The smallest absolute Gasteiger partial charge is 0.122 e. The highest BCUT2D eigenvalue weighted by atomic mass is 16.5. The fourth-order valence-electron chi connectivity index (χ4n) is 3.21. The number of rotatable bonds is 5. The molecule has 2 nitrogen and oxygen atoms in total. The van der Waals surface area contributed by atoms with Crippen LogP contribution in [0.25, 0.3) is 0 Å². The summed E-state index contributed by atoms with van der Waals surface area (Å²) in [5, 5.41) is 10.3. The molecule has 1 aliphatic rings. The van der Waals surface area contributed by atoms with Crippen LogP contribution in [0.2, 0.25) is 0 Å². The summed E-state index contributed by atoms with van der Waals surface area (Å²) >= 11 is 0. The number of benzene rings is 1. The highest BCUT2D eigenvalue weighted by Gasteiger charge is 2.18. The van der Waals surface area contributed by atoms with Gasteiger partial charge in [0.15, 0.2) is 0 Å². The lowest BCUT2D eigenvalue weighted by atomic mass is 9.84. The van der Waals surface area contributed by atoms with Gasteiger partial charge in [-0.05, 0) is 30.9 Å². The van der Waals surface area contributed by atoms with Crippen molar-refractivity contribution < 1.29 is 9.84 Å². The van der Waals surface area contributed by atoms with E-state index in [1.54, 1.807) is 7.11 Å². The average molecular weight is 262 g/mol. The van der Waals surface area contributed by atoms with E-state index in [-0.39, 0.29) is 6.10 Å². The summed E-state index contributed by atoms with van der Waals surface area (Å²) in [4.78, 5) is 0. The summed E-state index contributed by atoms with van der Waals surface area (Å²) in [5.74, 6) is 1.62. The average Bonchev–Trinajstić information content (AvgIpc) is 2.40. The third kappa shape index (κ3) is 4.24.